The minimum Gasteiger partial charge on any atom is -0.506 e. The van der Waals surface area contributed by atoms with Crippen molar-refractivity contribution in [1.82, 2.24) is 5.32 Å². The SMILES string of the molecule is Cc1cc(C(F)(F)F)cc2c1C(O)=C(C(=O)NCC(=O)O)C(=O)C2C. The quantitative estimate of drug-likeness (QED) is 0.720. The molecule has 1 amide bonds. The standard InChI is InChI=1S/C16H14F3NO5/c1-6-3-8(16(17,18)19)4-9-7(2)13(23)12(14(24)11(6)9)15(25)20-5-10(21)22/h3-4,7,24H,5H2,1-2H3,(H,20,25)(H,21,22). The number of carboxylic acid groups (broad SMARTS) is 1. The van der Waals surface area contributed by atoms with Crippen LogP contribution in [0, 0.1) is 6.92 Å². The van der Waals surface area contributed by atoms with Gasteiger partial charge in [-0.05, 0) is 30.2 Å². The van der Waals surface area contributed by atoms with Crippen molar-refractivity contribution < 1.29 is 37.8 Å². The molecule has 1 aliphatic carbocycles. The number of aryl methyl sites for hydroxylation is 1. The van der Waals surface area contributed by atoms with Gasteiger partial charge in [-0.1, -0.05) is 6.92 Å². The van der Waals surface area contributed by atoms with E-state index >= 15 is 0 Å². The summed E-state index contributed by atoms with van der Waals surface area (Å²) in [5.41, 5.74) is -1.64. The topological polar surface area (TPSA) is 104 Å². The van der Waals surface area contributed by atoms with Crippen molar-refractivity contribution in [3.05, 3.63) is 40.0 Å². The zero-order valence-electron chi connectivity index (χ0n) is 13.2. The van der Waals surface area contributed by atoms with Crippen LogP contribution in [0.25, 0.3) is 5.76 Å². The summed E-state index contributed by atoms with van der Waals surface area (Å²) in [4.78, 5) is 34.9. The van der Waals surface area contributed by atoms with Crippen molar-refractivity contribution in [3.8, 4) is 0 Å². The average Bonchev–Trinajstić information content (AvgIpc) is 2.49. The van der Waals surface area contributed by atoms with E-state index in [-0.39, 0.29) is 16.7 Å². The number of ketones is 1. The van der Waals surface area contributed by atoms with Crippen LogP contribution in [0.5, 0.6) is 0 Å². The number of rotatable bonds is 3. The number of carbonyl (C=O) groups excluding carboxylic acids is 2. The molecule has 1 unspecified atom stereocenters. The first-order valence-electron chi connectivity index (χ1n) is 7.14. The Bertz CT molecular complexity index is 811. The summed E-state index contributed by atoms with van der Waals surface area (Å²) in [5, 5.41) is 20.8. The van der Waals surface area contributed by atoms with Crippen LogP contribution >= 0.6 is 0 Å². The Balaban J connectivity index is 2.61. The molecular weight excluding hydrogens is 343 g/mol. The molecule has 6 nitrogen and oxygen atoms in total. The molecule has 25 heavy (non-hydrogen) atoms. The summed E-state index contributed by atoms with van der Waals surface area (Å²) in [5.74, 6) is -5.19. The lowest BCUT2D eigenvalue weighted by Crippen LogP contribution is -2.36. The van der Waals surface area contributed by atoms with E-state index in [1.807, 2.05) is 5.32 Å². The van der Waals surface area contributed by atoms with E-state index in [0.717, 1.165) is 12.1 Å². The highest BCUT2D eigenvalue weighted by atomic mass is 19.4. The summed E-state index contributed by atoms with van der Waals surface area (Å²) < 4.78 is 38.9. The normalized spacial score (nSPS) is 17.3. The molecule has 1 atom stereocenters. The molecule has 0 bridgehead atoms. The fourth-order valence-corrected chi connectivity index (χ4v) is 2.71. The van der Waals surface area contributed by atoms with E-state index in [4.69, 9.17) is 5.11 Å². The Kier molecular flexibility index (Phi) is 4.61. The van der Waals surface area contributed by atoms with Crippen LogP contribution in [0.3, 0.4) is 0 Å². The van der Waals surface area contributed by atoms with Crippen molar-refractivity contribution in [3.63, 3.8) is 0 Å². The van der Waals surface area contributed by atoms with Gasteiger partial charge in [0.15, 0.2) is 5.78 Å². The highest BCUT2D eigenvalue weighted by Gasteiger charge is 2.39. The van der Waals surface area contributed by atoms with Crippen molar-refractivity contribution in [2.45, 2.75) is 25.9 Å². The predicted molar refractivity (Wildman–Crippen MR) is 79.8 cm³/mol. The lowest BCUT2D eigenvalue weighted by molar-refractivity contribution is -0.138. The Labute approximate surface area is 140 Å². The maximum absolute atomic E-state index is 13.0. The van der Waals surface area contributed by atoms with E-state index in [0.29, 0.717) is 0 Å². The molecule has 1 aromatic carbocycles. The fourth-order valence-electron chi connectivity index (χ4n) is 2.71. The molecule has 1 aromatic rings. The molecule has 0 spiro atoms. The smallest absolute Gasteiger partial charge is 0.416 e. The molecule has 0 aromatic heterocycles. The number of aliphatic hydroxyl groups excluding tert-OH is 1. The number of aliphatic carboxylic acids is 1. The number of Topliss-reactive ketones (excluding diaryl/α,β-unsaturated/α-hetero) is 1. The van der Waals surface area contributed by atoms with Gasteiger partial charge in [-0.25, -0.2) is 0 Å². The Morgan fingerprint density at radius 2 is 1.88 bits per heavy atom. The second-order valence-electron chi connectivity index (χ2n) is 5.64. The number of amides is 1. The van der Waals surface area contributed by atoms with Gasteiger partial charge < -0.3 is 15.5 Å². The number of halogens is 3. The highest BCUT2D eigenvalue weighted by Crippen LogP contribution is 2.41. The molecule has 0 heterocycles. The van der Waals surface area contributed by atoms with Crippen LogP contribution in [0.15, 0.2) is 17.7 Å². The lowest BCUT2D eigenvalue weighted by atomic mass is 9.79. The first kappa shape index (κ1) is 18.5. The summed E-state index contributed by atoms with van der Waals surface area (Å²) in [6.07, 6.45) is -4.62. The Hall–Kier alpha value is -2.84. The van der Waals surface area contributed by atoms with E-state index in [9.17, 15) is 32.7 Å². The first-order valence-corrected chi connectivity index (χ1v) is 7.14. The number of hydrogen-bond acceptors (Lipinski definition) is 4. The number of carboxylic acids is 1. The summed E-state index contributed by atoms with van der Waals surface area (Å²) in [6, 6.07) is 1.58. The van der Waals surface area contributed by atoms with E-state index < -0.39 is 53.2 Å². The van der Waals surface area contributed by atoms with Crippen molar-refractivity contribution in [1.29, 1.82) is 0 Å². The number of carbonyl (C=O) groups is 3. The average molecular weight is 357 g/mol. The molecule has 3 N–H and O–H groups in total. The van der Waals surface area contributed by atoms with Gasteiger partial charge in [-0.3, -0.25) is 14.4 Å². The van der Waals surface area contributed by atoms with Gasteiger partial charge in [0.05, 0.1) is 5.56 Å². The minimum absolute atomic E-state index is 0.0272. The molecule has 1 aliphatic rings. The van der Waals surface area contributed by atoms with Crippen LogP contribution in [0.1, 0.15) is 35.1 Å². The van der Waals surface area contributed by atoms with Crippen LogP contribution in [0.2, 0.25) is 0 Å². The maximum atomic E-state index is 13.0. The summed E-state index contributed by atoms with van der Waals surface area (Å²) in [7, 11) is 0. The zero-order chi connectivity index (χ0) is 19.1. The number of benzene rings is 1. The first-order chi connectivity index (χ1) is 11.4. The number of fused-ring (bicyclic) bond motifs is 1. The third-order valence-electron chi connectivity index (χ3n) is 3.90. The van der Waals surface area contributed by atoms with Crippen LogP contribution in [-0.4, -0.2) is 34.4 Å². The van der Waals surface area contributed by atoms with E-state index in [1.165, 1.54) is 13.8 Å². The van der Waals surface area contributed by atoms with E-state index in [1.54, 1.807) is 0 Å². The molecule has 0 radical (unpaired) electrons. The minimum atomic E-state index is -4.62. The van der Waals surface area contributed by atoms with Gasteiger partial charge >= 0.3 is 12.1 Å². The van der Waals surface area contributed by atoms with Crippen LogP contribution < -0.4 is 5.32 Å². The van der Waals surface area contributed by atoms with Gasteiger partial charge in [0.1, 0.15) is 17.9 Å². The van der Waals surface area contributed by atoms with Crippen LogP contribution in [0.4, 0.5) is 13.2 Å². The monoisotopic (exact) mass is 357 g/mol. The Morgan fingerprint density at radius 3 is 2.40 bits per heavy atom. The van der Waals surface area contributed by atoms with Crippen molar-refractivity contribution >= 4 is 23.4 Å². The molecule has 9 heteroatoms. The van der Waals surface area contributed by atoms with Gasteiger partial charge in [-0.15, -0.1) is 0 Å². The van der Waals surface area contributed by atoms with Gasteiger partial charge in [0.25, 0.3) is 5.91 Å². The fraction of sp³-hybridized carbons (Fsp3) is 0.312. The zero-order valence-corrected chi connectivity index (χ0v) is 13.2. The number of hydrogen-bond donors (Lipinski definition) is 3. The van der Waals surface area contributed by atoms with Gasteiger partial charge in [-0.2, -0.15) is 13.2 Å². The summed E-state index contributed by atoms with van der Waals surface area (Å²) in [6.45, 7) is 1.87. The summed E-state index contributed by atoms with van der Waals surface area (Å²) >= 11 is 0. The molecular formula is C16H14F3NO5. The molecule has 134 valence electrons. The third kappa shape index (κ3) is 3.35. The molecule has 0 aliphatic heterocycles. The van der Waals surface area contributed by atoms with Gasteiger partial charge in [0, 0.05) is 11.5 Å². The molecule has 0 fully saturated rings. The Morgan fingerprint density at radius 1 is 1.28 bits per heavy atom. The largest absolute Gasteiger partial charge is 0.506 e. The molecule has 0 saturated heterocycles. The number of nitrogens with one attached hydrogen (secondary N) is 1. The highest BCUT2D eigenvalue weighted by molar-refractivity contribution is 6.27. The van der Waals surface area contributed by atoms with Crippen molar-refractivity contribution in [2.75, 3.05) is 6.54 Å². The second-order valence-corrected chi connectivity index (χ2v) is 5.64. The predicted octanol–water partition coefficient (Wildman–Crippen LogP) is 2.17. The van der Waals surface area contributed by atoms with Crippen molar-refractivity contribution in [2.24, 2.45) is 0 Å². The molecule has 0 saturated carbocycles. The molecule has 2 rings (SSSR count). The maximum Gasteiger partial charge on any atom is 0.416 e. The van der Waals surface area contributed by atoms with Crippen LogP contribution in [-0.2, 0) is 20.6 Å². The lowest BCUT2D eigenvalue weighted by Gasteiger charge is -2.26. The number of alkyl halides is 3. The van der Waals surface area contributed by atoms with Gasteiger partial charge in [0.2, 0.25) is 0 Å². The third-order valence-corrected chi connectivity index (χ3v) is 3.90. The van der Waals surface area contributed by atoms with E-state index in [2.05, 4.69) is 0 Å². The number of aliphatic hydroxyl groups is 1. The second kappa shape index (κ2) is 6.23.